The molecular weight excluding hydrogens is 282 g/mol. The molecule has 5 heteroatoms. The molecule has 4 nitrogen and oxygen atoms in total. The summed E-state index contributed by atoms with van der Waals surface area (Å²) in [7, 11) is 0. The smallest absolute Gasteiger partial charge is 0.251 e. The Hall–Kier alpha value is -1.46. The second kappa shape index (κ2) is 5.07. The van der Waals surface area contributed by atoms with Crippen LogP contribution in [0.5, 0.6) is 0 Å². The Kier molecular flexibility index (Phi) is 3.19. The molecule has 0 spiro atoms. The van der Waals surface area contributed by atoms with Crippen molar-refractivity contribution in [3.63, 3.8) is 0 Å². The predicted molar refractivity (Wildman–Crippen MR) is 84.8 cm³/mol. The topological polar surface area (TPSA) is 45.2 Å². The van der Waals surface area contributed by atoms with E-state index < -0.39 is 0 Å². The van der Waals surface area contributed by atoms with Crippen LogP contribution in [0, 0.1) is 12.8 Å². The molecule has 0 aliphatic carbocycles. The predicted octanol–water partition coefficient (Wildman–Crippen LogP) is 2.43. The van der Waals surface area contributed by atoms with Crippen molar-refractivity contribution in [1.29, 1.82) is 0 Å². The van der Waals surface area contributed by atoms with Crippen LogP contribution in [0.3, 0.4) is 0 Å². The minimum absolute atomic E-state index is 0.0571. The zero-order valence-electron chi connectivity index (χ0n) is 12.1. The van der Waals surface area contributed by atoms with E-state index in [0.29, 0.717) is 12.0 Å². The van der Waals surface area contributed by atoms with Gasteiger partial charge in [0.25, 0.3) is 5.91 Å². The lowest BCUT2D eigenvalue weighted by Crippen LogP contribution is -2.57. The van der Waals surface area contributed by atoms with E-state index in [4.69, 9.17) is 0 Å². The highest BCUT2D eigenvalue weighted by molar-refractivity contribution is 7.13. The zero-order valence-corrected chi connectivity index (χ0v) is 12.9. The van der Waals surface area contributed by atoms with Gasteiger partial charge in [-0.3, -0.25) is 4.79 Å². The first-order chi connectivity index (χ1) is 10.2. The molecule has 3 saturated heterocycles. The summed E-state index contributed by atoms with van der Waals surface area (Å²) in [5.74, 6) is 0.718. The molecule has 110 valence electrons. The van der Waals surface area contributed by atoms with Crippen molar-refractivity contribution < 1.29 is 4.79 Å². The number of fused-ring (bicyclic) bond motifs is 4. The largest absolute Gasteiger partial charge is 0.348 e. The second-order valence-electron chi connectivity index (χ2n) is 6.20. The Bertz CT molecular complexity index is 688. The number of hydrogen-bond acceptors (Lipinski definition) is 4. The average Bonchev–Trinajstić information content (AvgIpc) is 2.89. The summed E-state index contributed by atoms with van der Waals surface area (Å²) < 4.78 is 5.44. The lowest BCUT2D eigenvalue weighted by molar-refractivity contribution is 0.0620. The number of nitrogens with one attached hydrogen (secondary N) is 1. The molecule has 2 aromatic rings. The van der Waals surface area contributed by atoms with E-state index >= 15 is 0 Å². The van der Waals surface area contributed by atoms with Crippen LogP contribution < -0.4 is 5.32 Å². The molecule has 1 aromatic heterocycles. The van der Waals surface area contributed by atoms with Crippen LogP contribution in [0.25, 0.3) is 10.1 Å². The molecule has 3 aliphatic rings. The van der Waals surface area contributed by atoms with Gasteiger partial charge in [-0.25, -0.2) is 0 Å². The van der Waals surface area contributed by atoms with Gasteiger partial charge in [-0.05, 0) is 62.4 Å². The van der Waals surface area contributed by atoms with Crippen molar-refractivity contribution in [2.45, 2.75) is 25.8 Å². The van der Waals surface area contributed by atoms with E-state index in [-0.39, 0.29) is 5.91 Å². The summed E-state index contributed by atoms with van der Waals surface area (Å²) in [6.45, 7) is 5.41. The summed E-state index contributed by atoms with van der Waals surface area (Å²) in [4.78, 5) is 15.0. The highest BCUT2D eigenvalue weighted by Gasteiger charge is 2.34. The second-order valence-corrected chi connectivity index (χ2v) is 7.00. The monoisotopic (exact) mass is 301 g/mol. The maximum Gasteiger partial charge on any atom is 0.251 e. The standard InChI is InChI=1S/C16H19N3OS/c1-10-13-3-2-12(8-15(13)21-18-10)16(20)17-14-9-19-6-4-11(14)5-7-19/h2-3,8,11,14H,4-7,9H2,1H3,(H,17,20)/t14-/m1/s1. The van der Waals surface area contributed by atoms with E-state index in [0.717, 1.165) is 27.9 Å². The quantitative estimate of drug-likeness (QED) is 0.926. The van der Waals surface area contributed by atoms with Crippen LogP contribution in [0.2, 0.25) is 0 Å². The third-order valence-corrected chi connectivity index (χ3v) is 5.79. The van der Waals surface area contributed by atoms with Crippen LogP contribution >= 0.6 is 11.5 Å². The van der Waals surface area contributed by atoms with Gasteiger partial charge in [0.15, 0.2) is 0 Å². The minimum atomic E-state index is 0.0571. The van der Waals surface area contributed by atoms with E-state index in [1.165, 1.54) is 37.5 Å². The number of carbonyl (C=O) groups is 1. The normalized spacial score (nSPS) is 28.0. The number of hydrogen-bond donors (Lipinski definition) is 1. The fraction of sp³-hybridized carbons (Fsp3) is 0.500. The molecule has 4 heterocycles. The SMILES string of the molecule is Cc1nsc2cc(C(=O)N[C@@H]3CN4CCC3CC4)ccc12. The van der Waals surface area contributed by atoms with Crippen LogP contribution in [0.15, 0.2) is 18.2 Å². The van der Waals surface area contributed by atoms with Crippen molar-refractivity contribution in [3.05, 3.63) is 29.5 Å². The molecule has 1 atom stereocenters. The van der Waals surface area contributed by atoms with Crippen LogP contribution in [-0.2, 0) is 0 Å². The summed E-state index contributed by atoms with van der Waals surface area (Å²) >= 11 is 1.47. The first-order valence-electron chi connectivity index (χ1n) is 7.60. The Labute approximate surface area is 128 Å². The number of amides is 1. The van der Waals surface area contributed by atoms with E-state index in [9.17, 15) is 4.79 Å². The molecule has 21 heavy (non-hydrogen) atoms. The first kappa shape index (κ1) is 13.2. The van der Waals surface area contributed by atoms with Gasteiger partial charge in [0, 0.05) is 23.5 Å². The summed E-state index contributed by atoms with van der Waals surface area (Å²) in [5, 5.41) is 4.39. The van der Waals surface area contributed by atoms with E-state index in [1.54, 1.807) is 0 Å². The van der Waals surface area contributed by atoms with Gasteiger partial charge >= 0.3 is 0 Å². The summed E-state index contributed by atoms with van der Waals surface area (Å²) in [6, 6.07) is 6.22. The Morgan fingerprint density at radius 2 is 2.19 bits per heavy atom. The summed E-state index contributed by atoms with van der Waals surface area (Å²) in [5.41, 5.74) is 1.79. The first-order valence-corrected chi connectivity index (χ1v) is 8.37. The molecule has 1 aromatic carbocycles. The Morgan fingerprint density at radius 1 is 1.38 bits per heavy atom. The summed E-state index contributed by atoms with van der Waals surface area (Å²) in [6.07, 6.45) is 2.44. The lowest BCUT2D eigenvalue weighted by Gasteiger charge is -2.44. The molecule has 0 saturated carbocycles. The van der Waals surface area contributed by atoms with Gasteiger partial charge in [0.2, 0.25) is 0 Å². The number of carbonyl (C=O) groups excluding carboxylic acids is 1. The molecule has 0 unspecified atom stereocenters. The Balaban J connectivity index is 1.53. The molecule has 3 aliphatic heterocycles. The Morgan fingerprint density at radius 3 is 2.90 bits per heavy atom. The molecule has 3 fully saturated rings. The maximum atomic E-state index is 12.5. The molecule has 0 radical (unpaired) electrons. The number of nitrogens with zero attached hydrogens (tertiary/aromatic N) is 2. The minimum Gasteiger partial charge on any atom is -0.348 e. The third kappa shape index (κ3) is 2.34. The average molecular weight is 301 g/mol. The molecular formula is C16H19N3OS. The number of rotatable bonds is 2. The van der Waals surface area contributed by atoms with E-state index in [1.807, 2.05) is 25.1 Å². The molecule has 1 N–H and O–H groups in total. The molecule has 5 rings (SSSR count). The van der Waals surface area contributed by atoms with Crippen LogP contribution in [-0.4, -0.2) is 40.9 Å². The van der Waals surface area contributed by atoms with Crippen LogP contribution in [0.1, 0.15) is 28.9 Å². The fourth-order valence-corrected chi connectivity index (χ4v) is 4.41. The number of aryl methyl sites for hydroxylation is 1. The lowest BCUT2D eigenvalue weighted by atomic mass is 9.84. The van der Waals surface area contributed by atoms with Gasteiger partial charge in [-0.1, -0.05) is 6.07 Å². The maximum absolute atomic E-state index is 12.5. The van der Waals surface area contributed by atoms with Crippen molar-refractivity contribution in [3.8, 4) is 0 Å². The van der Waals surface area contributed by atoms with E-state index in [2.05, 4.69) is 14.6 Å². The van der Waals surface area contributed by atoms with Crippen LogP contribution in [0.4, 0.5) is 0 Å². The van der Waals surface area contributed by atoms with Gasteiger partial charge in [-0.15, -0.1) is 0 Å². The van der Waals surface area contributed by atoms with Crippen molar-refractivity contribution in [2.24, 2.45) is 5.92 Å². The van der Waals surface area contributed by atoms with Crippen molar-refractivity contribution in [2.75, 3.05) is 19.6 Å². The van der Waals surface area contributed by atoms with Crippen molar-refractivity contribution in [1.82, 2.24) is 14.6 Å². The molecule has 2 bridgehead atoms. The number of benzene rings is 1. The highest BCUT2D eigenvalue weighted by atomic mass is 32.1. The third-order valence-electron chi connectivity index (χ3n) is 4.89. The van der Waals surface area contributed by atoms with Crippen molar-refractivity contribution >= 4 is 27.5 Å². The van der Waals surface area contributed by atoms with Gasteiger partial charge in [-0.2, -0.15) is 4.37 Å². The fourth-order valence-electron chi connectivity index (χ4n) is 3.59. The highest BCUT2D eigenvalue weighted by Crippen LogP contribution is 2.28. The number of piperidine rings is 3. The molecule has 1 amide bonds. The zero-order chi connectivity index (χ0) is 14.4. The van der Waals surface area contributed by atoms with Gasteiger partial charge in [0.1, 0.15) is 0 Å². The number of aromatic nitrogens is 1. The van der Waals surface area contributed by atoms with Gasteiger partial charge in [0.05, 0.1) is 10.4 Å². The van der Waals surface area contributed by atoms with Gasteiger partial charge < -0.3 is 10.2 Å².